The number of nitriles is 2. The normalized spacial score (nSPS) is 16.7. The molecule has 4 nitrogen and oxygen atoms in total. The Labute approximate surface area is 240 Å². The second-order valence-electron chi connectivity index (χ2n) is 10.9. The van der Waals surface area contributed by atoms with Gasteiger partial charge in [-0.2, -0.15) is 19.7 Å². The zero-order valence-electron chi connectivity index (χ0n) is 22.9. The molecule has 5 aromatic rings. The number of hydrogen-bond acceptors (Lipinski definition) is 2. The SMILES string of the molecule is C=C1C2C(CCc3ccccc3-c3cc(-c4ccccc4)cc[n+]31)c1c(C#N)ccc(C#N)c1-c1ccc(C)c[n+]12. The van der Waals surface area contributed by atoms with Gasteiger partial charge in [0.1, 0.15) is 6.07 Å². The van der Waals surface area contributed by atoms with Gasteiger partial charge in [-0.1, -0.05) is 48.5 Å². The largest absolute Gasteiger partial charge is 0.249 e. The van der Waals surface area contributed by atoms with Crippen molar-refractivity contribution < 1.29 is 9.13 Å². The Hall–Kier alpha value is -5.32. The minimum atomic E-state index is -0.140. The van der Waals surface area contributed by atoms with E-state index >= 15 is 0 Å². The average molecular weight is 529 g/mol. The second kappa shape index (κ2) is 9.70. The first kappa shape index (κ1) is 24.7. The molecule has 2 aliphatic heterocycles. The zero-order chi connectivity index (χ0) is 28.1. The maximum atomic E-state index is 10.3. The molecule has 3 aromatic carbocycles. The third-order valence-electron chi connectivity index (χ3n) is 8.65. The predicted octanol–water partition coefficient (Wildman–Crippen LogP) is 7.07. The molecule has 2 aliphatic rings. The van der Waals surface area contributed by atoms with Crippen molar-refractivity contribution in [1.82, 2.24) is 0 Å². The zero-order valence-corrected chi connectivity index (χ0v) is 22.9. The van der Waals surface area contributed by atoms with Crippen LogP contribution in [0.25, 0.3) is 39.3 Å². The van der Waals surface area contributed by atoms with Crippen LogP contribution in [0, 0.1) is 29.6 Å². The summed E-state index contributed by atoms with van der Waals surface area (Å²) in [7, 11) is 0. The van der Waals surface area contributed by atoms with Crippen molar-refractivity contribution in [2.75, 3.05) is 0 Å². The summed E-state index contributed by atoms with van der Waals surface area (Å²) in [6.45, 7) is 6.85. The van der Waals surface area contributed by atoms with Crippen molar-refractivity contribution in [2.24, 2.45) is 0 Å². The number of rotatable bonds is 1. The summed E-state index contributed by atoms with van der Waals surface area (Å²) in [5, 5.41) is 20.4. The quantitative estimate of drug-likeness (QED) is 0.219. The molecule has 0 radical (unpaired) electrons. The number of aromatic nitrogens is 2. The minimum Gasteiger partial charge on any atom is -0.192 e. The van der Waals surface area contributed by atoms with Crippen molar-refractivity contribution in [1.29, 1.82) is 10.5 Å². The van der Waals surface area contributed by atoms with E-state index in [2.05, 4.69) is 113 Å². The lowest BCUT2D eigenvalue weighted by molar-refractivity contribution is -0.727. The molecule has 0 N–H and O–H groups in total. The molecule has 0 spiro atoms. The lowest BCUT2D eigenvalue weighted by Crippen LogP contribution is -2.53. The minimum absolute atomic E-state index is 0.0416. The lowest BCUT2D eigenvalue weighted by atomic mass is 9.75. The van der Waals surface area contributed by atoms with Crippen LogP contribution in [0.15, 0.2) is 110 Å². The highest BCUT2D eigenvalue weighted by Gasteiger charge is 2.48. The van der Waals surface area contributed by atoms with E-state index < -0.39 is 0 Å². The van der Waals surface area contributed by atoms with E-state index in [-0.39, 0.29) is 12.0 Å². The summed E-state index contributed by atoms with van der Waals surface area (Å²) in [4.78, 5) is 0. The molecule has 4 heteroatoms. The molecule has 0 bridgehead atoms. The molecule has 0 saturated carbocycles. The Balaban J connectivity index is 1.53. The monoisotopic (exact) mass is 528 g/mol. The molecule has 2 unspecified atom stereocenters. The molecular weight excluding hydrogens is 500 g/mol. The summed E-state index contributed by atoms with van der Waals surface area (Å²) in [6, 6.07) is 36.0. The molecular formula is C37H28N4+2. The van der Waals surface area contributed by atoms with E-state index in [0.717, 1.165) is 52.2 Å². The van der Waals surface area contributed by atoms with Gasteiger partial charge in [0.2, 0.25) is 23.1 Å². The fourth-order valence-electron chi connectivity index (χ4n) is 6.80. The maximum Gasteiger partial charge on any atom is 0.249 e. The van der Waals surface area contributed by atoms with Crippen LogP contribution in [0.4, 0.5) is 0 Å². The molecule has 7 rings (SSSR count). The first-order chi connectivity index (χ1) is 20.1. The highest BCUT2D eigenvalue weighted by molar-refractivity contribution is 5.76. The van der Waals surface area contributed by atoms with Gasteiger partial charge in [-0.15, -0.1) is 0 Å². The highest BCUT2D eigenvalue weighted by Crippen LogP contribution is 2.47. The Kier molecular flexibility index (Phi) is 5.84. The van der Waals surface area contributed by atoms with Gasteiger partial charge in [0.05, 0.1) is 28.7 Å². The van der Waals surface area contributed by atoms with E-state index in [9.17, 15) is 10.5 Å². The highest BCUT2D eigenvalue weighted by atomic mass is 15.1. The third-order valence-corrected chi connectivity index (χ3v) is 8.65. The molecule has 0 amide bonds. The van der Waals surface area contributed by atoms with Crippen LogP contribution in [-0.2, 0) is 6.42 Å². The van der Waals surface area contributed by atoms with E-state index in [1.54, 1.807) is 6.07 Å². The lowest BCUT2D eigenvalue weighted by Gasteiger charge is -2.30. The summed E-state index contributed by atoms with van der Waals surface area (Å²) in [6.07, 6.45) is 5.97. The van der Waals surface area contributed by atoms with Crippen LogP contribution in [0.5, 0.6) is 0 Å². The van der Waals surface area contributed by atoms with Gasteiger partial charge in [-0.05, 0) is 72.9 Å². The molecule has 194 valence electrons. The van der Waals surface area contributed by atoms with Gasteiger partial charge in [-0.25, -0.2) is 0 Å². The van der Waals surface area contributed by atoms with Crippen molar-refractivity contribution in [3.05, 3.63) is 138 Å². The summed E-state index contributed by atoms with van der Waals surface area (Å²) in [5.41, 5.74) is 11.9. The summed E-state index contributed by atoms with van der Waals surface area (Å²) < 4.78 is 4.53. The number of aryl methyl sites for hydroxylation is 2. The van der Waals surface area contributed by atoms with Crippen LogP contribution in [0.1, 0.15) is 46.2 Å². The number of fused-ring (bicyclic) bond motifs is 9. The molecule has 41 heavy (non-hydrogen) atoms. The predicted molar refractivity (Wildman–Crippen MR) is 159 cm³/mol. The van der Waals surface area contributed by atoms with Crippen LogP contribution in [0.2, 0.25) is 0 Å². The molecule has 0 saturated heterocycles. The van der Waals surface area contributed by atoms with Crippen molar-refractivity contribution in [2.45, 2.75) is 31.7 Å². The average Bonchev–Trinajstić information content (AvgIpc) is 3.07. The third kappa shape index (κ3) is 3.88. The Bertz CT molecular complexity index is 1960. The number of benzene rings is 3. The van der Waals surface area contributed by atoms with Crippen molar-refractivity contribution in [3.63, 3.8) is 0 Å². The fraction of sp³-hybridized carbons (Fsp3) is 0.135. The second-order valence-corrected chi connectivity index (χ2v) is 10.9. The smallest absolute Gasteiger partial charge is 0.192 e. The summed E-state index contributed by atoms with van der Waals surface area (Å²) >= 11 is 0. The van der Waals surface area contributed by atoms with Gasteiger partial charge >= 0.3 is 0 Å². The topological polar surface area (TPSA) is 55.3 Å². The molecule has 2 atom stereocenters. The Morgan fingerprint density at radius 3 is 2.37 bits per heavy atom. The van der Waals surface area contributed by atoms with Crippen molar-refractivity contribution >= 4 is 5.70 Å². The fourth-order valence-corrected chi connectivity index (χ4v) is 6.80. The number of hydrogen-bond donors (Lipinski definition) is 0. The summed E-state index contributed by atoms with van der Waals surface area (Å²) in [5.74, 6) is -0.0416. The van der Waals surface area contributed by atoms with Crippen LogP contribution in [-0.4, -0.2) is 0 Å². The number of allylic oxidation sites excluding steroid dienone is 1. The van der Waals surface area contributed by atoms with Gasteiger partial charge in [-0.3, -0.25) is 0 Å². The van der Waals surface area contributed by atoms with E-state index in [1.807, 2.05) is 12.1 Å². The first-order valence-corrected chi connectivity index (χ1v) is 14.0. The maximum absolute atomic E-state index is 10.3. The van der Waals surface area contributed by atoms with Gasteiger partial charge in [0.25, 0.3) is 0 Å². The number of pyridine rings is 2. The van der Waals surface area contributed by atoms with Crippen LogP contribution in [0.3, 0.4) is 0 Å². The van der Waals surface area contributed by atoms with Gasteiger partial charge in [0, 0.05) is 29.3 Å². The first-order valence-electron chi connectivity index (χ1n) is 14.0. The van der Waals surface area contributed by atoms with E-state index in [4.69, 9.17) is 6.58 Å². The molecule has 2 aromatic heterocycles. The van der Waals surface area contributed by atoms with E-state index in [1.165, 1.54) is 16.7 Å². The van der Waals surface area contributed by atoms with Crippen molar-refractivity contribution in [3.8, 4) is 45.8 Å². The Morgan fingerprint density at radius 1 is 0.805 bits per heavy atom. The molecule has 4 heterocycles. The van der Waals surface area contributed by atoms with Crippen LogP contribution >= 0.6 is 0 Å². The van der Waals surface area contributed by atoms with Gasteiger partial charge in [0.15, 0.2) is 12.4 Å². The standard InChI is InChI=1S/C37H28N4/c1-24-12-17-33-36-30(22-39)14-13-29(21-38)35(36)32-16-15-27-10-6-7-11-31(27)34-20-28(26-8-4-3-5-9-26)18-19-40(34)25(2)37(32)41(33)23-24/h3-14,17-20,23,32,37H,2,15-16H2,1H3/q+2. The van der Waals surface area contributed by atoms with Gasteiger partial charge < -0.3 is 0 Å². The van der Waals surface area contributed by atoms with Crippen LogP contribution < -0.4 is 9.13 Å². The molecule has 0 aliphatic carbocycles. The Morgan fingerprint density at radius 2 is 1.56 bits per heavy atom. The molecule has 0 fully saturated rings. The van der Waals surface area contributed by atoms with E-state index in [0.29, 0.717) is 11.1 Å². The number of nitrogens with zero attached hydrogens (tertiary/aromatic N) is 4.